The predicted octanol–water partition coefficient (Wildman–Crippen LogP) is 2.76. The first-order valence-corrected chi connectivity index (χ1v) is 8.25. The van der Waals surface area contributed by atoms with Crippen molar-refractivity contribution in [2.75, 3.05) is 46.2 Å². The molecule has 0 amide bonds. The summed E-state index contributed by atoms with van der Waals surface area (Å²) in [6.45, 7) is 9.75. The van der Waals surface area contributed by atoms with Gasteiger partial charge in [-0.15, -0.1) is 0 Å². The molecule has 4 nitrogen and oxygen atoms in total. The van der Waals surface area contributed by atoms with Crippen molar-refractivity contribution in [1.82, 2.24) is 5.32 Å². The second-order valence-corrected chi connectivity index (χ2v) is 5.89. The van der Waals surface area contributed by atoms with Crippen molar-refractivity contribution in [2.45, 2.75) is 57.9 Å². The van der Waals surface area contributed by atoms with Crippen molar-refractivity contribution >= 4 is 0 Å². The molecule has 1 saturated carbocycles. The molecule has 0 spiro atoms. The van der Waals surface area contributed by atoms with Gasteiger partial charge in [0.15, 0.2) is 0 Å². The summed E-state index contributed by atoms with van der Waals surface area (Å²) in [7, 11) is 0. The van der Waals surface area contributed by atoms with Gasteiger partial charge in [0.25, 0.3) is 0 Å². The van der Waals surface area contributed by atoms with Gasteiger partial charge < -0.3 is 19.5 Å². The van der Waals surface area contributed by atoms with Crippen LogP contribution in [0.5, 0.6) is 0 Å². The zero-order chi connectivity index (χ0) is 14.5. The maximum Gasteiger partial charge on any atom is 0.0701 e. The lowest BCUT2D eigenvalue weighted by molar-refractivity contribution is 0.0139. The first-order chi connectivity index (χ1) is 9.77. The smallest absolute Gasteiger partial charge is 0.0701 e. The Bertz CT molecular complexity index is 218. The molecule has 1 aliphatic carbocycles. The topological polar surface area (TPSA) is 39.7 Å². The summed E-state index contributed by atoms with van der Waals surface area (Å²) in [4.78, 5) is 0. The van der Waals surface area contributed by atoms with Gasteiger partial charge in [0.05, 0.1) is 33.0 Å². The largest absolute Gasteiger partial charge is 0.379 e. The Balaban J connectivity index is 1.74. The van der Waals surface area contributed by atoms with Crippen LogP contribution in [0.2, 0.25) is 0 Å². The SMILES string of the molecule is CCCCOCCOCCOCCNC1(C)CCCC1. The van der Waals surface area contributed by atoms with Crippen LogP contribution >= 0.6 is 0 Å². The lowest BCUT2D eigenvalue weighted by atomic mass is 10.0. The molecule has 120 valence electrons. The maximum atomic E-state index is 5.56. The molecule has 20 heavy (non-hydrogen) atoms. The van der Waals surface area contributed by atoms with Crippen LogP contribution in [0.3, 0.4) is 0 Å². The van der Waals surface area contributed by atoms with Crippen LogP contribution in [-0.4, -0.2) is 51.7 Å². The minimum absolute atomic E-state index is 0.357. The zero-order valence-corrected chi connectivity index (χ0v) is 13.4. The quantitative estimate of drug-likeness (QED) is 0.529. The minimum Gasteiger partial charge on any atom is -0.379 e. The van der Waals surface area contributed by atoms with Crippen molar-refractivity contribution in [3.63, 3.8) is 0 Å². The summed E-state index contributed by atoms with van der Waals surface area (Å²) in [5.74, 6) is 0. The summed E-state index contributed by atoms with van der Waals surface area (Å²) in [5.41, 5.74) is 0.357. The van der Waals surface area contributed by atoms with E-state index < -0.39 is 0 Å². The Kier molecular flexibility index (Phi) is 10.3. The lowest BCUT2D eigenvalue weighted by Gasteiger charge is -2.25. The number of hydrogen-bond acceptors (Lipinski definition) is 4. The summed E-state index contributed by atoms with van der Waals surface area (Å²) >= 11 is 0. The van der Waals surface area contributed by atoms with E-state index in [9.17, 15) is 0 Å². The summed E-state index contributed by atoms with van der Waals surface area (Å²) < 4.78 is 16.4. The molecule has 0 unspecified atom stereocenters. The molecule has 0 aliphatic heterocycles. The van der Waals surface area contributed by atoms with Crippen LogP contribution in [0.1, 0.15) is 52.4 Å². The minimum atomic E-state index is 0.357. The van der Waals surface area contributed by atoms with Crippen LogP contribution in [0.25, 0.3) is 0 Å². The molecule has 0 aromatic heterocycles. The average molecular weight is 287 g/mol. The molecule has 0 saturated heterocycles. The third-order valence-electron chi connectivity index (χ3n) is 3.89. The number of nitrogens with one attached hydrogen (secondary N) is 1. The van der Waals surface area contributed by atoms with Crippen molar-refractivity contribution < 1.29 is 14.2 Å². The highest BCUT2D eigenvalue weighted by Gasteiger charge is 2.27. The van der Waals surface area contributed by atoms with Gasteiger partial charge in [0.1, 0.15) is 0 Å². The highest BCUT2D eigenvalue weighted by molar-refractivity contribution is 4.87. The van der Waals surface area contributed by atoms with E-state index >= 15 is 0 Å². The number of ether oxygens (including phenoxy) is 3. The fourth-order valence-corrected chi connectivity index (χ4v) is 2.55. The molecule has 0 radical (unpaired) electrons. The van der Waals surface area contributed by atoms with E-state index in [1.807, 2.05) is 0 Å². The normalized spacial score (nSPS) is 17.7. The van der Waals surface area contributed by atoms with Crippen molar-refractivity contribution in [2.24, 2.45) is 0 Å². The molecule has 1 aliphatic rings. The Morgan fingerprint density at radius 3 is 2.00 bits per heavy atom. The summed E-state index contributed by atoms with van der Waals surface area (Å²) in [5, 5.41) is 3.60. The van der Waals surface area contributed by atoms with Gasteiger partial charge in [-0.05, 0) is 26.2 Å². The maximum absolute atomic E-state index is 5.56. The van der Waals surface area contributed by atoms with Gasteiger partial charge in [-0.2, -0.15) is 0 Å². The molecule has 0 heterocycles. The van der Waals surface area contributed by atoms with Gasteiger partial charge >= 0.3 is 0 Å². The molecule has 1 rings (SSSR count). The van der Waals surface area contributed by atoms with Crippen LogP contribution in [-0.2, 0) is 14.2 Å². The molecule has 0 aromatic rings. The van der Waals surface area contributed by atoms with Gasteiger partial charge in [0, 0.05) is 18.7 Å². The first-order valence-electron chi connectivity index (χ1n) is 8.25. The van der Waals surface area contributed by atoms with Crippen LogP contribution in [0.15, 0.2) is 0 Å². The molecule has 1 fully saturated rings. The van der Waals surface area contributed by atoms with Gasteiger partial charge in [0.2, 0.25) is 0 Å². The second-order valence-electron chi connectivity index (χ2n) is 5.89. The fourth-order valence-electron chi connectivity index (χ4n) is 2.55. The highest BCUT2D eigenvalue weighted by Crippen LogP contribution is 2.28. The van der Waals surface area contributed by atoms with Crippen LogP contribution < -0.4 is 5.32 Å². The zero-order valence-electron chi connectivity index (χ0n) is 13.4. The van der Waals surface area contributed by atoms with Crippen LogP contribution in [0.4, 0.5) is 0 Å². The standard InChI is InChI=1S/C16H33NO3/c1-3-4-10-18-12-14-20-15-13-19-11-9-17-16(2)7-5-6-8-16/h17H,3-15H2,1-2H3. The molecule has 0 aromatic carbocycles. The van der Waals surface area contributed by atoms with E-state index in [4.69, 9.17) is 14.2 Å². The van der Waals surface area contributed by atoms with Gasteiger partial charge in [-0.3, -0.25) is 0 Å². The Morgan fingerprint density at radius 2 is 1.40 bits per heavy atom. The molecular formula is C16H33NO3. The van der Waals surface area contributed by atoms with Crippen molar-refractivity contribution in [1.29, 1.82) is 0 Å². The predicted molar refractivity (Wildman–Crippen MR) is 82.2 cm³/mol. The first kappa shape index (κ1) is 17.9. The van der Waals surface area contributed by atoms with E-state index in [0.717, 1.165) is 26.2 Å². The highest BCUT2D eigenvalue weighted by atomic mass is 16.5. The Labute approximate surface area is 124 Å². The molecule has 0 atom stereocenters. The van der Waals surface area contributed by atoms with E-state index in [-0.39, 0.29) is 0 Å². The lowest BCUT2D eigenvalue weighted by Crippen LogP contribution is -2.41. The van der Waals surface area contributed by atoms with Crippen molar-refractivity contribution in [3.05, 3.63) is 0 Å². The van der Waals surface area contributed by atoms with E-state index in [0.29, 0.717) is 32.0 Å². The third-order valence-corrected chi connectivity index (χ3v) is 3.89. The second kappa shape index (κ2) is 11.5. The Hall–Kier alpha value is -0.160. The summed E-state index contributed by atoms with van der Waals surface area (Å²) in [6, 6.07) is 0. The fraction of sp³-hybridized carbons (Fsp3) is 1.00. The van der Waals surface area contributed by atoms with E-state index in [1.165, 1.54) is 32.1 Å². The van der Waals surface area contributed by atoms with Crippen molar-refractivity contribution in [3.8, 4) is 0 Å². The van der Waals surface area contributed by atoms with Gasteiger partial charge in [-0.25, -0.2) is 0 Å². The average Bonchev–Trinajstić information content (AvgIpc) is 2.87. The molecule has 0 bridgehead atoms. The third kappa shape index (κ3) is 8.90. The molecular weight excluding hydrogens is 254 g/mol. The molecule has 1 N–H and O–H groups in total. The summed E-state index contributed by atoms with van der Waals surface area (Å²) in [6.07, 6.45) is 7.64. The number of hydrogen-bond donors (Lipinski definition) is 1. The molecule has 4 heteroatoms. The monoisotopic (exact) mass is 287 g/mol. The number of rotatable bonds is 13. The van der Waals surface area contributed by atoms with Crippen LogP contribution in [0, 0.1) is 0 Å². The van der Waals surface area contributed by atoms with E-state index in [1.54, 1.807) is 0 Å². The number of unbranched alkanes of at least 4 members (excludes halogenated alkanes) is 1. The van der Waals surface area contributed by atoms with E-state index in [2.05, 4.69) is 19.2 Å². The Morgan fingerprint density at radius 1 is 0.850 bits per heavy atom. The van der Waals surface area contributed by atoms with Gasteiger partial charge in [-0.1, -0.05) is 26.2 Å².